The van der Waals surface area contributed by atoms with E-state index >= 15 is 0 Å². The van der Waals surface area contributed by atoms with Gasteiger partial charge < -0.3 is 5.73 Å². The normalized spacial score (nSPS) is 12.4. The number of hydrogen-bond acceptors (Lipinski definition) is 2. The van der Waals surface area contributed by atoms with Gasteiger partial charge in [-0.2, -0.15) is 0 Å². The summed E-state index contributed by atoms with van der Waals surface area (Å²) in [5.41, 5.74) is 6.02. The number of unbranched alkanes of at least 4 members (excludes halogenated alkanes) is 4. The smallest absolute Gasteiger partial charge is 0.0275 e. The van der Waals surface area contributed by atoms with Gasteiger partial charge in [-0.25, -0.2) is 0 Å². The Bertz CT molecular complexity index is 155. The molecule has 0 amide bonds. The zero-order valence-electron chi connectivity index (χ0n) is 11.9. The molecule has 2 N–H and O–H groups in total. The Kier molecular flexibility index (Phi) is 8.96. The molecule has 0 saturated heterocycles. The van der Waals surface area contributed by atoms with E-state index in [1.165, 1.54) is 51.6 Å². The zero-order chi connectivity index (χ0) is 12.4. The average molecular weight is 228 g/mol. The topological polar surface area (TPSA) is 29.3 Å². The molecule has 0 rings (SSSR count). The fourth-order valence-electron chi connectivity index (χ4n) is 2.02. The van der Waals surface area contributed by atoms with Gasteiger partial charge in [-0.3, -0.25) is 4.90 Å². The summed E-state index contributed by atoms with van der Waals surface area (Å²) in [5.74, 6) is 0. The third kappa shape index (κ3) is 6.49. The van der Waals surface area contributed by atoms with E-state index in [4.69, 9.17) is 5.73 Å². The van der Waals surface area contributed by atoms with Crippen LogP contribution in [-0.4, -0.2) is 30.1 Å². The Morgan fingerprint density at radius 2 is 1.50 bits per heavy atom. The molecule has 16 heavy (non-hydrogen) atoms. The summed E-state index contributed by atoms with van der Waals surface area (Å²) in [4.78, 5) is 2.55. The first-order chi connectivity index (χ1) is 7.58. The summed E-state index contributed by atoms with van der Waals surface area (Å²) in [6.45, 7) is 12.2. The first kappa shape index (κ1) is 15.9. The summed E-state index contributed by atoms with van der Waals surface area (Å²) in [6, 6.07) is 0. The molecule has 0 aromatic carbocycles. The van der Waals surface area contributed by atoms with Gasteiger partial charge in [0.1, 0.15) is 0 Å². The van der Waals surface area contributed by atoms with E-state index in [1.807, 2.05) is 0 Å². The second-order valence-electron chi connectivity index (χ2n) is 5.42. The van der Waals surface area contributed by atoms with Crippen molar-refractivity contribution in [2.45, 2.75) is 71.8 Å². The quantitative estimate of drug-likeness (QED) is 0.581. The van der Waals surface area contributed by atoms with Crippen LogP contribution >= 0.6 is 0 Å². The first-order valence-corrected chi connectivity index (χ1v) is 7.03. The van der Waals surface area contributed by atoms with Crippen molar-refractivity contribution in [1.29, 1.82) is 0 Å². The van der Waals surface area contributed by atoms with Crippen LogP contribution in [-0.2, 0) is 0 Å². The van der Waals surface area contributed by atoms with Crippen LogP contribution in [0.4, 0.5) is 0 Å². The molecule has 0 fully saturated rings. The van der Waals surface area contributed by atoms with Crippen molar-refractivity contribution < 1.29 is 0 Å². The first-order valence-electron chi connectivity index (χ1n) is 7.03. The Hall–Kier alpha value is -0.0800. The zero-order valence-corrected chi connectivity index (χ0v) is 11.9. The summed E-state index contributed by atoms with van der Waals surface area (Å²) in [5, 5.41) is 0. The standard InChI is InChI=1S/C14H32N2/c1-5-7-8-9-10-12-16(11-6-2)14(3,4)13-15/h5-13,15H2,1-4H3. The number of rotatable bonds is 10. The lowest BCUT2D eigenvalue weighted by molar-refractivity contribution is 0.124. The van der Waals surface area contributed by atoms with Crippen molar-refractivity contribution >= 4 is 0 Å². The number of nitrogens with zero attached hydrogens (tertiary/aromatic N) is 1. The molecule has 0 bridgehead atoms. The van der Waals surface area contributed by atoms with E-state index < -0.39 is 0 Å². The minimum Gasteiger partial charge on any atom is -0.329 e. The van der Waals surface area contributed by atoms with Crippen LogP contribution < -0.4 is 5.73 Å². The maximum absolute atomic E-state index is 5.85. The Morgan fingerprint density at radius 3 is 2.00 bits per heavy atom. The molecule has 0 aromatic rings. The molecule has 0 aliphatic carbocycles. The molecule has 0 saturated carbocycles. The predicted molar refractivity (Wildman–Crippen MR) is 73.8 cm³/mol. The maximum atomic E-state index is 5.85. The number of nitrogens with two attached hydrogens (primary N) is 1. The van der Waals surface area contributed by atoms with Crippen LogP contribution in [0.15, 0.2) is 0 Å². The summed E-state index contributed by atoms with van der Waals surface area (Å²) >= 11 is 0. The average Bonchev–Trinajstić information content (AvgIpc) is 2.27. The third-order valence-electron chi connectivity index (χ3n) is 3.38. The fourth-order valence-corrected chi connectivity index (χ4v) is 2.02. The highest BCUT2D eigenvalue weighted by molar-refractivity contribution is 4.82. The highest BCUT2D eigenvalue weighted by Gasteiger charge is 2.23. The van der Waals surface area contributed by atoms with Gasteiger partial charge in [0, 0.05) is 12.1 Å². The fraction of sp³-hybridized carbons (Fsp3) is 1.00. The van der Waals surface area contributed by atoms with Crippen molar-refractivity contribution in [3.63, 3.8) is 0 Å². The van der Waals surface area contributed by atoms with Gasteiger partial charge in [-0.1, -0.05) is 39.5 Å². The van der Waals surface area contributed by atoms with Crippen LogP contribution in [0.2, 0.25) is 0 Å². The van der Waals surface area contributed by atoms with Gasteiger partial charge in [-0.15, -0.1) is 0 Å². The highest BCUT2D eigenvalue weighted by atomic mass is 15.2. The van der Waals surface area contributed by atoms with Gasteiger partial charge >= 0.3 is 0 Å². The number of hydrogen-bond donors (Lipinski definition) is 1. The van der Waals surface area contributed by atoms with E-state index in [2.05, 4.69) is 32.6 Å². The van der Waals surface area contributed by atoms with Gasteiger partial charge in [0.25, 0.3) is 0 Å². The summed E-state index contributed by atoms with van der Waals surface area (Å²) in [7, 11) is 0. The van der Waals surface area contributed by atoms with Crippen molar-refractivity contribution in [3.8, 4) is 0 Å². The Labute approximate surface area is 103 Å². The second-order valence-corrected chi connectivity index (χ2v) is 5.42. The van der Waals surface area contributed by atoms with Crippen LogP contribution in [0.3, 0.4) is 0 Å². The molecule has 2 nitrogen and oxygen atoms in total. The molecule has 0 unspecified atom stereocenters. The lowest BCUT2D eigenvalue weighted by atomic mass is 10.0. The van der Waals surface area contributed by atoms with E-state index in [-0.39, 0.29) is 5.54 Å². The lowest BCUT2D eigenvalue weighted by Crippen LogP contribution is -2.50. The van der Waals surface area contributed by atoms with Crippen molar-refractivity contribution in [3.05, 3.63) is 0 Å². The molecular weight excluding hydrogens is 196 g/mol. The molecule has 98 valence electrons. The molecule has 0 aromatic heterocycles. The van der Waals surface area contributed by atoms with Crippen molar-refractivity contribution in [2.24, 2.45) is 5.73 Å². The van der Waals surface area contributed by atoms with Gasteiger partial charge in [0.15, 0.2) is 0 Å². The molecular formula is C14H32N2. The Balaban J connectivity index is 3.85. The minimum absolute atomic E-state index is 0.167. The van der Waals surface area contributed by atoms with Crippen LogP contribution in [0.5, 0.6) is 0 Å². The van der Waals surface area contributed by atoms with Crippen molar-refractivity contribution in [2.75, 3.05) is 19.6 Å². The molecule has 0 aliphatic heterocycles. The van der Waals surface area contributed by atoms with E-state index in [9.17, 15) is 0 Å². The molecule has 0 radical (unpaired) electrons. The van der Waals surface area contributed by atoms with Crippen LogP contribution in [0.25, 0.3) is 0 Å². The largest absolute Gasteiger partial charge is 0.329 e. The van der Waals surface area contributed by atoms with E-state index in [0.717, 1.165) is 6.54 Å². The summed E-state index contributed by atoms with van der Waals surface area (Å²) in [6.07, 6.45) is 8.01. The molecule has 0 aliphatic rings. The molecule has 0 atom stereocenters. The van der Waals surface area contributed by atoms with Gasteiger partial charge in [-0.05, 0) is 39.8 Å². The Morgan fingerprint density at radius 1 is 0.875 bits per heavy atom. The summed E-state index contributed by atoms with van der Waals surface area (Å²) < 4.78 is 0. The third-order valence-corrected chi connectivity index (χ3v) is 3.38. The predicted octanol–water partition coefficient (Wildman–Crippen LogP) is 3.41. The van der Waals surface area contributed by atoms with Crippen LogP contribution in [0.1, 0.15) is 66.2 Å². The maximum Gasteiger partial charge on any atom is 0.0275 e. The van der Waals surface area contributed by atoms with Crippen molar-refractivity contribution in [1.82, 2.24) is 4.90 Å². The van der Waals surface area contributed by atoms with Crippen LogP contribution in [0, 0.1) is 0 Å². The molecule has 0 spiro atoms. The molecule has 2 heteroatoms. The minimum atomic E-state index is 0.167. The highest BCUT2D eigenvalue weighted by Crippen LogP contribution is 2.15. The van der Waals surface area contributed by atoms with Gasteiger partial charge in [0.05, 0.1) is 0 Å². The SMILES string of the molecule is CCCCCCCN(CCC)C(C)(C)CN. The molecule has 0 heterocycles. The van der Waals surface area contributed by atoms with E-state index in [0.29, 0.717) is 0 Å². The monoisotopic (exact) mass is 228 g/mol. The van der Waals surface area contributed by atoms with Gasteiger partial charge in [0.2, 0.25) is 0 Å². The second kappa shape index (κ2) is 9.00. The lowest BCUT2D eigenvalue weighted by Gasteiger charge is -2.37. The van der Waals surface area contributed by atoms with E-state index in [1.54, 1.807) is 0 Å².